The third-order valence-corrected chi connectivity index (χ3v) is 15.2. The zero-order valence-electron chi connectivity index (χ0n) is 35.3. The minimum atomic E-state index is -0.566. The summed E-state index contributed by atoms with van der Waals surface area (Å²) in [6.45, 7) is 0. The monoisotopic (exact) mass is 845 g/mol. The SMILES string of the molecule is c1ccc(-c2ccc(N(c3ccccc3)c3ccc(-n4c5ccccc5c5ccc6c(c54)Sc4ccccc4C64c5ccccc5-n5c6ccccc6c6cccc4c65)cc3)cc2)cc1. The molecule has 3 nitrogen and oxygen atoms in total. The maximum Gasteiger partial charge on any atom is 0.0765 e. The van der Waals surface area contributed by atoms with Crippen LogP contribution in [0.15, 0.2) is 246 Å². The molecule has 0 saturated carbocycles. The highest BCUT2D eigenvalue weighted by Gasteiger charge is 2.50. The molecule has 65 heavy (non-hydrogen) atoms. The Balaban J connectivity index is 1.01. The second-order valence-electron chi connectivity index (χ2n) is 17.2. The Morgan fingerprint density at radius 2 is 0.877 bits per heavy atom. The highest BCUT2D eigenvalue weighted by atomic mass is 32.2. The first kappa shape index (κ1) is 36.4. The lowest BCUT2D eigenvalue weighted by Gasteiger charge is -2.45. The van der Waals surface area contributed by atoms with Crippen molar-refractivity contribution in [3.05, 3.63) is 259 Å². The van der Waals surface area contributed by atoms with Gasteiger partial charge in [0.15, 0.2) is 0 Å². The first-order valence-corrected chi connectivity index (χ1v) is 23.2. The van der Waals surface area contributed by atoms with Crippen molar-refractivity contribution in [2.75, 3.05) is 4.90 Å². The fourth-order valence-corrected chi connectivity index (χ4v) is 12.6. The largest absolute Gasteiger partial charge is 0.311 e. The van der Waals surface area contributed by atoms with E-state index in [0.29, 0.717) is 0 Å². The standard InChI is InChI=1S/C61H39N3S/c1-3-16-40(17-4-1)41-30-32-43(33-31-41)62(42-18-5-2-6-19-42)44-34-36-45(37-35-44)63-54-26-11-7-21-47(54)49-38-39-53-60(59(49)63)65-57-29-14-10-24-51(57)61(53)50-23-9-13-28-56(50)64-55-27-12-8-20-46(55)48-22-15-25-52(61)58(48)64/h1-39H. The number of hydrogen-bond acceptors (Lipinski definition) is 2. The molecule has 304 valence electrons. The number of anilines is 3. The summed E-state index contributed by atoms with van der Waals surface area (Å²) >= 11 is 1.92. The average Bonchev–Trinajstić information content (AvgIpc) is 3.90. The van der Waals surface area contributed by atoms with E-state index in [-0.39, 0.29) is 0 Å². The van der Waals surface area contributed by atoms with Crippen molar-refractivity contribution in [3.63, 3.8) is 0 Å². The lowest BCUT2D eigenvalue weighted by molar-refractivity contribution is 0.691. The molecule has 4 heterocycles. The lowest BCUT2D eigenvalue weighted by atomic mass is 9.62. The van der Waals surface area contributed by atoms with Crippen LogP contribution in [0, 0.1) is 0 Å². The molecule has 0 amide bonds. The Labute approximate surface area is 381 Å². The van der Waals surface area contributed by atoms with Gasteiger partial charge < -0.3 is 14.0 Å². The number of para-hydroxylation sites is 5. The third kappa shape index (κ3) is 5.09. The number of hydrogen-bond donors (Lipinski definition) is 0. The van der Waals surface area contributed by atoms with Crippen molar-refractivity contribution in [3.8, 4) is 22.5 Å². The molecule has 0 bridgehead atoms. The fraction of sp³-hybridized carbons (Fsp3) is 0.0164. The lowest BCUT2D eigenvalue weighted by Crippen LogP contribution is -2.37. The van der Waals surface area contributed by atoms with Crippen LogP contribution in [0.25, 0.3) is 66.1 Å². The Morgan fingerprint density at radius 3 is 1.63 bits per heavy atom. The minimum absolute atomic E-state index is 0.566. The van der Waals surface area contributed by atoms with Crippen molar-refractivity contribution in [1.82, 2.24) is 9.13 Å². The van der Waals surface area contributed by atoms with Crippen LogP contribution in [0.3, 0.4) is 0 Å². The van der Waals surface area contributed by atoms with E-state index in [2.05, 4.69) is 251 Å². The summed E-state index contributed by atoms with van der Waals surface area (Å²) in [5, 5.41) is 5.07. The minimum Gasteiger partial charge on any atom is -0.311 e. The molecule has 12 aromatic rings. The Hall–Kier alpha value is -8.05. The van der Waals surface area contributed by atoms with Crippen molar-refractivity contribution in [2.45, 2.75) is 15.2 Å². The highest BCUT2D eigenvalue weighted by molar-refractivity contribution is 7.99. The molecule has 0 radical (unpaired) electrons. The van der Waals surface area contributed by atoms with Gasteiger partial charge in [0.1, 0.15) is 0 Å². The van der Waals surface area contributed by atoms with E-state index in [1.54, 1.807) is 0 Å². The quantitative estimate of drug-likeness (QED) is 0.171. The van der Waals surface area contributed by atoms with E-state index in [4.69, 9.17) is 0 Å². The molecular formula is C61H39N3S. The number of rotatable bonds is 5. The van der Waals surface area contributed by atoms with E-state index in [0.717, 1.165) is 22.7 Å². The van der Waals surface area contributed by atoms with E-state index in [1.807, 2.05) is 11.8 Å². The van der Waals surface area contributed by atoms with Crippen LogP contribution < -0.4 is 4.90 Å². The summed E-state index contributed by atoms with van der Waals surface area (Å²) in [5.41, 5.74) is 17.8. The second-order valence-corrected chi connectivity index (χ2v) is 18.3. The second kappa shape index (κ2) is 14.0. The summed E-state index contributed by atoms with van der Waals surface area (Å²) in [7, 11) is 0. The van der Waals surface area contributed by atoms with Gasteiger partial charge in [-0.3, -0.25) is 0 Å². The van der Waals surface area contributed by atoms with Gasteiger partial charge in [-0.2, -0.15) is 0 Å². The molecule has 2 aromatic heterocycles. The van der Waals surface area contributed by atoms with Gasteiger partial charge >= 0.3 is 0 Å². The summed E-state index contributed by atoms with van der Waals surface area (Å²) in [6, 6.07) is 87.3. The van der Waals surface area contributed by atoms with Gasteiger partial charge in [-0.1, -0.05) is 176 Å². The first-order valence-electron chi connectivity index (χ1n) is 22.3. The van der Waals surface area contributed by atoms with Crippen LogP contribution in [0.1, 0.15) is 22.3 Å². The topological polar surface area (TPSA) is 13.1 Å². The smallest absolute Gasteiger partial charge is 0.0765 e. The highest BCUT2D eigenvalue weighted by Crippen LogP contribution is 2.62. The van der Waals surface area contributed by atoms with Crippen molar-refractivity contribution in [2.24, 2.45) is 0 Å². The number of benzene rings is 10. The van der Waals surface area contributed by atoms with E-state index < -0.39 is 5.41 Å². The zero-order valence-corrected chi connectivity index (χ0v) is 36.1. The van der Waals surface area contributed by atoms with Crippen molar-refractivity contribution < 1.29 is 0 Å². The predicted molar refractivity (Wildman–Crippen MR) is 271 cm³/mol. The molecule has 0 aliphatic carbocycles. The molecule has 2 aliphatic rings. The first-order chi connectivity index (χ1) is 32.3. The maximum atomic E-state index is 2.53. The average molecular weight is 846 g/mol. The zero-order chi connectivity index (χ0) is 42.6. The predicted octanol–water partition coefficient (Wildman–Crippen LogP) is 16.2. The Morgan fingerprint density at radius 1 is 0.338 bits per heavy atom. The van der Waals surface area contributed by atoms with E-state index in [1.165, 1.54) is 92.5 Å². The van der Waals surface area contributed by atoms with Crippen LogP contribution in [-0.4, -0.2) is 9.13 Å². The Kier molecular flexibility index (Phi) is 7.83. The maximum absolute atomic E-state index is 2.53. The molecule has 0 N–H and O–H groups in total. The van der Waals surface area contributed by atoms with Gasteiger partial charge in [0.05, 0.1) is 33.2 Å². The summed E-state index contributed by atoms with van der Waals surface area (Å²) < 4.78 is 5.05. The molecule has 1 unspecified atom stereocenters. The molecule has 0 saturated heterocycles. The van der Waals surface area contributed by atoms with Gasteiger partial charge in [0, 0.05) is 54.1 Å². The molecule has 0 fully saturated rings. The van der Waals surface area contributed by atoms with Gasteiger partial charge in [-0.15, -0.1) is 0 Å². The van der Waals surface area contributed by atoms with Gasteiger partial charge in [-0.25, -0.2) is 0 Å². The summed E-state index contributed by atoms with van der Waals surface area (Å²) in [5.74, 6) is 0. The number of fused-ring (bicyclic) bond motifs is 15. The normalized spacial score (nSPS) is 14.8. The molecule has 1 spiro atoms. The summed E-state index contributed by atoms with van der Waals surface area (Å²) in [4.78, 5) is 4.93. The molecule has 4 heteroatoms. The molecule has 2 aliphatic heterocycles. The van der Waals surface area contributed by atoms with Gasteiger partial charge in [0.2, 0.25) is 0 Å². The van der Waals surface area contributed by atoms with Crippen LogP contribution in [0.5, 0.6) is 0 Å². The van der Waals surface area contributed by atoms with Crippen LogP contribution in [0.4, 0.5) is 17.1 Å². The summed E-state index contributed by atoms with van der Waals surface area (Å²) in [6.07, 6.45) is 0. The molecule has 14 rings (SSSR count). The van der Waals surface area contributed by atoms with Gasteiger partial charge in [-0.05, 0) is 106 Å². The number of aromatic nitrogens is 2. The van der Waals surface area contributed by atoms with E-state index >= 15 is 0 Å². The molecular weight excluding hydrogens is 807 g/mol. The van der Waals surface area contributed by atoms with Gasteiger partial charge in [0.25, 0.3) is 0 Å². The van der Waals surface area contributed by atoms with Crippen LogP contribution in [0.2, 0.25) is 0 Å². The van der Waals surface area contributed by atoms with Crippen LogP contribution >= 0.6 is 11.8 Å². The fourth-order valence-electron chi connectivity index (χ4n) is 11.3. The molecule has 10 aromatic carbocycles. The van der Waals surface area contributed by atoms with Crippen LogP contribution in [-0.2, 0) is 5.41 Å². The van der Waals surface area contributed by atoms with Crippen molar-refractivity contribution >= 4 is 72.4 Å². The molecule has 1 atom stereocenters. The Bertz CT molecular complexity index is 3850. The number of nitrogens with zero attached hydrogens (tertiary/aromatic N) is 3. The van der Waals surface area contributed by atoms with E-state index in [9.17, 15) is 0 Å². The van der Waals surface area contributed by atoms with Crippen molar-refractivity contribution in [1.29, 1.82) is 0 Å². The third-order valence-electron chi connectivity index (χ3n) is 14.0.